The Morgan fingerprint density at radius 2 is 1.88 bits per heavy atom. The van der Waals surface area contributed by atoms with Gasteiger partial charge in [0.25, 0.3) is 0 Å². The van der Waals surface area contributed by atoms with Crippen molar-refractivity contribution in [1.82, 2.24) is 14.5 Å². The minimum atomic E-state index is 0.608. The van der Waals surface area contributed by atoms with E-state index in [1.807, 2.05) is 38.3 Å². The van der Waals surface area contributed by atoms with Crippen molar-refractivity contribution in [3.8, 4) is 11.8 Å². The van der Waals surface area contributed by atoms with Crippen LogP contribution in [0.5, 0.6) is 0 Å². The van der Waals surface area contributed by atoms with Crippen LogP contribution in [-0.4, -0.2) is 14.5 Å². The normalized spacial score (nSPS) is 10.3. The molecule has 0 atom stereocenters. The summed E-state index contributed by atoms with van der Waals surface area (Å²) in [6.07, 6.45) is 1.75. The van der Waals surface area contributed by atoms with E-state index < -0.39 is 0 Å². The quantitative estimate of drug-likeness (QED) is 0.750. The number of hydrogen-bond donors (Lipinski definition) is 0. The fourth-order valence-corrected chi connectivity index (χ4v) is 1.88. The fraction of sp³-hybridized carbons (Fsp3) is 0.308. The van der Waals surface area contributed by atoms with Crippen LogP contribution in [-0.2, 0) is 0 Å². The number of pyridine rings is 1. The highest BCUT2D eigenvalue weighted by atomic mass is 15.1. The first-order valence-corrected chi connectivity index (χ1v) is 5.44. The number of aryl methyl sites for hydroxylation is 3. The van der Waals surface area contributed by atoms with E-state index in [2.05, 4.69) is 16.0 Å². The van der Waals surface area contributed by atoms with E-state index in [4.69, 9.17) is 0 Å². The Bertz CT molecular complexity index is 617. The van der Waals surface area contributed by atoms with Crippen LogP contribution in [0.3, 0.4) is 0 Å². The van der Waals surface area contributed by atoms with E-state index in [0.29, 0.717) is 5.56 Å². The van der Waals surface area contributed by atoms with Crippen molar-refractivity contribution in [1.29, 1.82) is 5.26 Å². The van der Waals surface area contributed by atoms with Gasteiger partial charge in [-0.25, -0.2) is 4.98 Å². The van der Waals surface area contributed by atoms with E-state index in [1.165, 1.54) is 0 Å². The lowest BCUT2D eigenvalue weighted by Gasteiger charge is -2.10. The highest BCUT2D eigenvalue weighted by Crippen LogP contribution is 2.20. The zero-order valence-corrected chi connectivity index (χ0v) is 10.4. The van der Waals surface area contributed by atoms with Gasteiger partial charge in [0, 0.05) is 11.4 Å². The Morgan fingerprint density at radius 3 is 2.41 bits per heavy atom. The highest BCUT2D eigenvalue weighted by Gasteiger charge is 2.12. The van der Waals surface area contributed by atoms with Crippen LogP contribution in [0, 0.1) is 39.0 Å². The van der Waals surface area contributed by atoms with E-state index in [0.717, 1.165) is 28.5 Å². The molecule has 86 valence electrons. The molecule has 0 spiro atoms. The third-order valence-electron chi connectivity index (χ3n) is 2.93. The molecule has 2 aromatic rings. The number of nitrogens with zero attached hydrogens (tertiary/aromatic N) is 4. The lowest BCUT2D eigenvalue weighted by Crippen LogP contribution is -2.03. The summed E-state index contributed by atoms with van der Waals surface area (Å²) < 4.78 is 1.94. The minimum Gasteiger partial charge on any atom is -0.302 e. The van der Waals surface area contributed by atoms with Gasteiger partial charge in [-0.1, -0.05) is 0 Å². The van der Waals surface area contributed by atoms with Crippen LogP contribution >= 0.6 is 0 Å². The third kappa shape index (κ3) is 1.80. The zero-order valence-electron chi connectivity index (χ0n) is 10.4. The predicted octanol–water partition coefficient (Wildman–Crippen LogP) is 2.37. The van der Waals surface area contributed by atoms with Gasteiger partial charge in [0.2, 0.25) is 0 Å². The summed E-state index contributed by atoms with van der Waals surface area (Å²) in [6.45, 7) is 7.73. The van der Waals surface area contributed by atoms with Crippen molar-refractivity contribution in [2.45, 2.75) is 27.7 Å². The van der Waals surface area contributed by atoms with E-state index in [1.54, 1.807) is 6.33 Å². The molecule has 0 aliphatic rings. The lowest BCUT2D eigenvalue weighted by molar-refractivity contribution is 0.968. The van der Waals surface area contributed by atoms with Crippen LogP contribution in [0.25, 0.3) is 5.69 Å². The molecule has 0 aliphatic carbocycles. The fourth-order valence-electron chi connectivity index (χ4n) is 1.88. The maximum absolute atomic E-state index is 9.23. The SMILES string of the molecule is Cc1cc(-n2cnc(C)c2C)c(C#N)c(C)n1. The van der Waals surface area contributed by atoms with Gasteiger partial charge in [0.1, 0.15) is 6.07 Å². The summed E-state index contributed by atoms with van der Waals surface area (Å²) in [5, 5.41) is 9.23. The molecular weight excluding hydrogens is 212 g/mol. The molecular formula is C13H14N4. The standard InChI is InChI=1S/C13H14N4/c1-8-5-13(12(6-14)10(3)16-8)17-7-15-9(2)11(17)4/h5,7H,1-4H3. The molecule has 0 aromatic carbocycles. The van der Waals surface area contributed by atoms with Crippen molar-refractivity contribution in [3.63, 3.8) is 0 Å². The summed E-state index contributed by atoms with van der Waals surface area (Å²) in [7, 11) is 0. The van der Waals surface area contributed by atoms with Crippen molar-refractivity contribution in [2.75, 3.05) is 0 Å². The molecule has 4 nitrogen and oxygen atoms in total. The van der Waals surface area contributed by atoms with Crippen molar-refractivity contribution in [2.24, 2.45) is 0 Å². The smallest absolute Gasteiger partial charge is 0.103 e. The van der Waals surface area contributed by atoms with Gasteiger partial charge in [-0.3, -0.25) is 4.98 Å². The molecule has 17 heavy (non-hydrogen) atoms. The van der Waals surface area contributed by atoms with E-state index in [9.17, 15) is 5.26 Å². The van der Waals surface area contributed by atoms with Gasteiger partial charge in [-0.05, 0) is 33.8 Å². The van der Waals surface area contributed by atoms with E-state index >= 15 is 0 Å². The maximum Gasteiger partial charge on any atom is 0.103 e. The van der Waals surface area contributed by atoms with Crippen molar-refractivity contribution in [3.05, 3.63) is 40.7 Å². The Balaban J connectivity index is 2.76. The van der Waals surface area contributed by atoms with Crippen molar-refractivity contribution < 1.29 is 0 Å². The second-order valence-electron chi connectivity index (χ2n) is 4.14. The van der Waals surface area contributed by atoms with Gasteiger partial charge < -0.3 is 4.57 Å². The Labute approximate surface area is 101 Å². The Hall–Kier alpha value is -2.15. The molecule has 0 N–H and O–H groups in total. The second-order valence-corrected chi connectivity index (χ2v) is 4.14. The Kier molecular flexibility index (Phi) is 2.68. The maximum atomic E-state index is 9.23. The first kappa shape index (κ1) is 11.3. The summed E-state index contributed by atoms with van der Waals surface area (Å²) in [5.74, 6) is 0. The zero-order chi connectivity index (χ0) is 12.6. The average molecular weight is 226 g/mol. The van der Waals surface area contributed by atoms with E-state index in [-0.39, 0.29) is 0 Å². The lowest BCUT2D eigenvalue weighted by atomic mass is 10.1. The molecule has 4 heteroatoms. The van der Waals surface area contributed by atoms with Crippen molar-refractivity contribution >= 4 is 0 Å². The van der Waals surface area contributed by atoms with Crippen LogP contribution in [0.15, 0.2) is 12.4 Å². The summed E-state index contributed by atoms with van der Waals surface area (Å²) >= 11 is 0. The van der Waals surface area contributed by atoms with Crippen LogP contribution < -0.4 is 0 Å². The summed E-state index contributed by atoms with van der Waals surface area (Å²) in [6, 6.07) is 4.13. The van der Waals surface area contributed by atoms with Gasteiger partial charge in [-0.15, -0.1) is 0 Å². The number of aromatic nitrogens is 3. The number of nitriles is 1. The number of rotatable bonds is 1. The number of imidazole rings is 1. The molecule has 0 unspecified atom stereocenters. The van der Waals surface area contributed by atoms with Gasteiger partial charge in [0.05, 0.1) is 29.0 Å². The molecule has 2 aromatic heterocycles. The largest absolute Gasteiger partial charge is 0.302 e. The average Bonchev–Trinajstić information content (AvgIpc) is 2.59. The number of hydrogen-bond acceptors (Lipinski definition) is 3. The Morgan fingerprint density at radius 1 is 1.18 bits per heavy atom. The van der Waals surface area contributed by atoms with Gasteiger partial charge in [-0.2, -0.15) is 5.26 Å². The second kappa shape index (κ2) is 4.02. The predicted molar refractivity (Wildman–Crippen MR) is 65.0 cm³/mol. The first-order chi connectivity index (χ1) is 8.04. The molecule has 0 aliphatic heterocycles. The molecule has 0 bridgehead atoms. The summed E-state index contributed by atoms with van der Waals surface area (Å²) in [5.41, 5.74) is 5.15. The van der Waals surface area contributed by atoms with Gasteiger partial charge in [0.15, 0.2) is 0 Å². The molecule has 2 heterocycles. The monoisotopic (exact) mass is 226 g/mol. The molecule has 0 saturated carbocycles. The molecule has 0 radical (unpaired) electrons. The molecule has 0 amide bonds. The minimum absolute atomic E-state index is 0.608. The van der Waals surface area contributed by atoms with Gasteiger partial charge >= 0.3 is 0 Å². The topological polar surface area (TPSA) is 54.5 Å². The third-order valence-corrected chi connectivity index (χ3v) is 2.93. The molecule has 2 rings (SSSR count). The highest BCUT2D eigenvalue weighted by molar-refractivity contribution is 5.52. The van der Waals surface area contributed by atoms with Crippen LogP contribution in [0.4, 0.5) is 0 Å². The van der Waals surface area contributed by atoms with Crippen LogP contribution in [0.2, 0.25) is 0 Å². The first-order valence-electron chi connectivity index (χ1n) is 5.44. The molecule has 0 fully saturated rings. The summed E-state index contributed by atoms with van der Waals surface area (Å²) in [4.78, 5) is 8.57. The molecule has 0 saturated heterocycles. The van der Waals surface area contributed by atoms with Crippen LogP contribution in [0.1, 0.15) is 28.3 Å².